The van der Waals surface area contributed by atoms with E-state index in [1.165, 1.54) is 0 Å². The van der Waals surface area contributed by atoms with Crippen molar-refractivity contribution in [3.8, 4) is 12.3 Å². The molecule has 0 unspecified atom stereocenters. The van der Waals surface area contributed by atoms with E-state index in [9.17, 15) is 0 Å². The first kappa shape index (κ1) is 17.4. The number of ether oxygens (including phenoxy) is 1. The Balaban J connectivity index is 1.97. The number of methoxy groups -OCH3 is 1. The van der Waals surface area contributed by atoms with E-state index in [4.69, 9.17) is 37.3 Å². The Labute approximate surface area is 150 Å². The van der Waals surface area contributed by atoms with Crippen molar-refractivity contribution in [1.82, 2.24) is 4.98 Å². The third-order valence-electron chi connectivity index (χ3n) is 3.69. The predicted octanol–water partition coefficient (Wildman–Crippen LogP) is 3.18. The zero-order valence-electron chi connectivity index (χ0n) is 13.7. The standard InChI is InChI=1S/C18H18ClN3O3/c1-3-13-15(7-11(20)10-23-2)25-18-14(8-16(19)22-17(13)18)21-9-12-5-4-6-24-12/h1,4-6,8,11H,7,9-10,20H2,2H3,(H,21,22)/t11-/m1/s1. The van der Waals surface area contributed by atoms with E-state index in [-0.39, 0.29) is 6.04 Å². The average molecular weight is 360 g/mol. The van der Waals surface area contributed by atoms with Gasteiger partial charge in [0.2, 0.25) is 0 Å². The summed E-state index contributed by atoms with van der Waals surface area (Å²) in [4.78, 5) is 4.32. The van der Waals surface area contributed by atoms with Crippen molar-refractivity contribution in [2.45, 2.75) is 19.0 Å². The smallest absolute Gasteiger partial charge is 0.177 e. The summed E-state index contributed by atoms with van der Waals surface area (Å²) in [6, 6.07) is 5.16. The number of nitrogens with two attached hydrogens (primary N) is 1. The molecule has 0 radical (unpaired) electrons. The van der Waals surface area contributed by atoms with Crippen LogP contribution in [0.3, 0.4) is 0 Å². The van der Waals surface area contributed by atoms with Crippen LogP contribution >= 0.6 is 11.6 Å². The number of fused-ring (bicyclic) bond motifs is 1. The summed E-state index contributed by atoms with van der Waals surface area (Å²) in [5.74, 6) is 4.01. The third-order valence-corrected chi connectivity index (χ3v) is 3.88. The lowest BCUT2D eigenvalue weighted by Gasteiger charge is -2.08. The van der Waals surface area contributed by atoms with Gasteiger partial charge in [0.25, 0.3) is 0 Å². The minimum atomic E-state index is -0.229. The number of anilines is 1. The maximum Gasteiger partial charge on any atom is 0.177 e. The van der Waals surface area contributed by atoms with E-state index in [0.29, 0.717) is 52.8 Å². The lowest BCUT2D eigenvalue weighted by Crippen LogP contribution is -2.28. The summed E-state index contributed by atoms with van der Waals surface area (Å²) in [6.07, 6.45) is 7.72. The Morgan fingerprint density at radius 2 is 2.36 bits per heavy atom. The largest absolute Gasteiger partial charge is 0.467 e. The van der Waals surface area contributed by atoms with Gasteiger partial charge in [-0.15, -0.1) is 6.42 Å². The molecule has 130 valence electrons. The molecule has 6 nitrogen and oxygen atoms in total. The Bertz CT molecular complexity index is 897. The fourth-order valence-electron chi connectivity index (χ4n) is 2.61. The highest BCUT2D eigenvalue weighted by atomic mass is 35.5. The van der Waals surface area contributed by atoms with Gasteiger partial charge >= 0.3 is 0 Å². The number of halogens is 1. The molecule has 3 aromatic heterocycles. The van der Waals surface area contributed by atoms with Crippen LogP contribution in [0.25, 0.3) is 11.1 Å². The van der Waals surface area contributed by atoms with E-state index in [2.05, 4.69) is 16.2 Å². The highest BCUT2D eigenvalue weighted by Crippen LogP contribution is 2.32. The van der Waals surface area contributed by atoms with E-state index in [1.807, 2.05) is 12.1 Å². The summed E-state index contributed by atoms with van der Waals surface area (Å²) in [5.41, 5.74) is 8.36. The third kappa shape index (κ3) is 3.80. The van der Waals surface area contributed by atoms with Crippen LogP contribution < -0.4 is 11.1 Å². The second-order valence-electron chi connectivity index (χ2n) is 5.57. The molecule has 0 spiro atoms. The minimum absolute atomic E-state index is 0.229. The van der Waals surface area contributed by atoms with Crippen LogP contribution in [0.5, 0.6) is 0 Å². The number of furan rings is 2. The number of nitrogens with zero attached hydrogens (tertiary/aromatic N) is 1. The first-order chi connectivity index (χ1) is 12.1. The maximum atomic E-state index is 6.15. The molecule has 0 aliphatic rings. The van der Waals surface area contributed by atoms with Crippen LogP contribution in [0.15, 0.2) is 33.3 Å². The van der Waals surface area contributed by atoms with Crippen LogP contribution in [0.4, 0.5) is 5.69 Å². The van der Waals surface area contributed by atoms with Crippen molar-refractivity contribution in [3.63, 3.8) is 0 Å². The van der Waals surface area contributed by atoms with Crippen molar-refractivity contribution in [2.75, 3.05) is 19.0 Å². The normalized spacial score (nSPS) is 12.2. The number of nitrogens with one attached hydrogen (secondary N) is 1. The number of pyridine rings is 1. The number of aromatic nitrogens is 1. The first-order valence-corrected chi connectivity index (χ1v) is 8.09. The molecule has 0 bridgehead atoms. The lowest BCUT2D eigenvalue weighted by molar-refractivity contribution is 0.178. The fraction of sp³-hybridized carbons (Fsp3) is 0.278. The highest BCUT2D eigenvalue weighted by Gasteiger charge is 2.20. The molecule has 25 heavy (non-hydrogen) atoms. The van der Waals surface area contributed by atoms with Gasteiger partial charge in [-0.2, -0.15) is 0 Å². The van der Waals surface area contributed by atoms with Crippen molar-refractivity contribution < 1.29 is 13.6 Å². The molecule has 0 saturated heterocycles. The van der Waals surface area contributed by atoms with Crippen molar-refractivity contribution in [1.29, 1.82) is 0 Å². The molecule has 1 atom stereocenters. The predicted molar refractivity (Wildman–Crippen MR) is 96.5 cm³/mol. The molecule has 3 N–H and O–H groups in total. The maximum absolute atomic E-state index is 6.15. The van der Waals surface area contributed by atoms with Crippen molar-refractivity contribution in [2.24, 2.45) is 5.73 Å². The van der Waals surface area contributed by atoms with Crippen LogP contribution in [-0.2, 0) is 17.7 Å². The zero-order valence-corrected chi connectivity index (χ0v) is 14.5. The fourth-order valence-corrected chi connectivity index (χ4v) is 2.81. The van der Waals surface area contributed by atoms with Gasteiger partial charge in [0.1, 0.15) is 22.2 Å². The molecule has 0 amide bonds. The van der Waals surface area contributed by atoms with Gasteiger partial charge < -0.3 is 24.6 Å². The molecule has 7 heteroatoms. The summed E-state index contributed by atoms with van der Waals surface area (Å²) < 4.78 is 16.4. The lowest BCUT2D eigenvalue weighted by atomic mass is 10.1. The zero-order chi connectivity index (χ0) is 17.8. The van der Waals surface area contributed by atoms with E-state index >= 15 is 0 Å². The molecular weight excluding hydrogens is 342 g/mol. The number of hydrogen-bond acceptors (Lipinski definition) is 6. The van der Waals surface area contributed by atoms with Gasteiger partial charge in [0.05, 0.1) is 30.7 Å². The van der Waals surface area contributed by atoms with E-state index in [0.717, 1.165) is 5.76 Å². The SMILES string of the molecule is C#Cc1c(C[C@@H](N)COC)oc2c(NCc3ccco3)cc(Cl)nc12. The molecule has 3 rings (SSSR count). The van der Waals surface area contributed by atoms with Crippen LogP contribution in [0.1, 0.15) is 17.1 Å². The Morgan fingerprint density at radius 3 is 3.04 bits per heavy atom. The molecule has 0 aliphatic heterocycles. The topological polar surface area (TPSA) is 86.5 Å². The first-order valence-electron chi connectivity index (χ1n) is 7.71. The Morgan fingerprint density at radius 1 is 1.52 bits per heavy atom. The Hall–Kier alpha value is -2.46. The van der Waals surface area contributed by atoms with Gasteiger partial charge in [-0.3, -0.25) is 0 Å². The van der Waals surface area contributed by atoms with Gasteiger partial charge in [-0.1, -0.05) is 17.5 Å². The molecule has 3 heterocycles. The molecule has 0 aromatic carbocycles. The second kappa shape index (κ2) is 7.62. The summed E-state index contributed by atoms with van der Waals surface area (Å²) >= 11 is 6.15. The number of rotatable bonds is 7. The van der Waals surface area contributed by atoms with Crippen LogP contribution in [-0.4, -0.2) is 24.7 Å². The average Bonchev–Trinajstić information content (AvgIpc) is 3.20. The summed E-state index contributed by atoms with van der Waals surface area (Å²) in [6.45, 7) is 0.881. The van der Waals surface area contributed by atoms with Crippen molar-refractivity contribution >= 4 is 28.4 Å². The van der Waals surface area contributed by atoms with Gasteiger partial charge in [0.15, 0.2) is 5.58 Å². The van der Waals surface area contributed by atoms with Crippen LogP contribution in [0, 0.1) is 12.3 Å². The molecule has 0 aliphatic carbocycles. The van der Waals surface area contributed by atoms with Gasteiger partial charge in [-0.25, -0.2) is 4.98 Å². The Kier molecular flexibility index (Phi) is 5.29. The minimum Gasteiger partial charge on any atom is -0.467 e. The molecule has 3 aromatic rings. The molecule has 0 saturated carbocycles. The quantitative estimate of drug-likeness (QED) is 0.497. The van der Waals surface area contributed by atoms with E-state index in [1.54, 1.807) is 19.4 Å². The monoisotopic (exact) mass is 359 g/mol. The molecular formula is C18H18ClN3O3. The van der Waals surface area contributed by atoms with Gasteiger partial charge in [-0.05, 0) is 12.1 Å². The number of hydrogen-bond donors (Lipinski definition) is 2. The van der Waals surface area contributed by atoms with Crippen molar-refractivity contribution in [3.05, 3.63) is 46.7 Å². The summed E-state index contributed by atoms with van der Waals surface area (Å²) in [7, 11) is 1.60. The summed E-state index contributed by atoms with van der Waals surface area (Å²) in [5, 5.41) is 3.56. The van der Waals surface area contributed by atoms with E-state index < -0.39 is 0 Å². The highest BCUT2D eigenvalue weighted by molar-refractivity contribution is 6.30. The van der Waals surface area contributed by atoms with Crippen LogP contribution in [0.2, 0.25) is 5.15 Å². The van der Waals surface area contributed by atoms with Gasteiger partial charge in [0, 0.05) is 25.6 Å². The number of terminal acetylenes is 1. The molecule has 0 fully saturated rings. The second-order valence-corrected chi connectivity index (χ2v) is 5.95.